The van der Waals surface area contributed by atoms with Gasteiger partial charge in [-0.05, 0) is 50.1 Å². The molecule has 0 spiro atoms. The van der Waals surface area contributed by atoms with Gasteiger partial charge in [-0.3, -0.25) is 9.03 Å². The van der Waals surface area contributed by atoms with Crippen LogP contribution >= 0.6 is 0 Å². The predicted molar refractivity (Wildman–Crippen MR) is 116 cm³/mol. The SMILES string of the molecule is CCOc1ccc(N2CCCCS2(=O)=O)cc1S(=O)(=O)Nc1ccc2c(c1)OCCO2. The molecule has 0 amide bonds. The van der Waals surface area contributed by atoms with Crippen molar-refractivity contribution < 1.29 is 31.0 Å². The normalized spacial score (nSPS) is 17.8. The van der Waals surface area contributed by atoms with Crippen molar-refractivity contribution in [1.82, 2.24) is 0 Å². The molecule has 0 bridgehead atoms. The molecule has 1 fully saturated rings. The van der Waals surface area contributed by atoms with Crippen LogP contribution in [0.4, 0.5) is 11.4 Å². The van der Waals surface area contributed by atoms with Gasteiger partial charge in [0.15, 0.2) is 11.5 Å². The van der Waals surface area contributed by atoms with E-state index in [1.165, 1.54) is 16.4 Å². The molecule has 0 aliphatic carbocycles. The van der Waals surface area contributed by atoms with E-state index in [2.05, 4.69) is 4.72 Å². The lowest BCUT2D eigenvalue weighted by atomic mass is 10.2. The molecule has 0 atom stereocenters. The number of rotatable bonds is 6. The molecule has 168 valence electrons. The number of anilines is 2. The van der Waals surface area contributed by atoms with Crippen LogP contribution in [0.3, 0.4) is 0 Å². The maximum absolute atomic E-state index is 13.2. The zero-order valence-corrected chi connectivity index (χ0v) is 18.7. The topological polar surface area (TPSA) is 111 Å². The number of nitrogens with one attached hydrogen (secondary N) is 1. The van der Waals surface area contributed by atoms with Crippen molar-refractivity contribution in [2.45, 2.75) is 24.7 Å². The molecule has 1 saturated heterocycles. The lowest BCUT2D eigenvalue weighted by Gasteiger charge is -2.29. The van der Waals surface area contributed by atoms with Gasteiger partial charge in [-0.25, -0.2) is 16.8 Å². The van der Waals surface area contributed by atoms with Gasteiger partial charge in [-0.15, -0.1) is 0 Å². The second-order valence-corrected chi connectivity index (χ2v) is 10.8. The number of fused-ring (bicyclic) bond motifs is 1. The summed E-state index contributed by atoms with van der Waals surface area (Å²) in [6, 6.07) is 9.15. The molecular formula is C20H24N2O7S2. The lowest BCUT2D eigenvalue weighted by molar-refractivity contribution is 0.171. The van der Waals surface area contributed by atoms with Crippen molar-refractivity contribution in [1.29, 1.82) is 0 Å². The minimum absolute atomic E-state index is 0.0394. The summed E-state index contributed by atoms with van der Waals surface area (Å²) in [6.45, 7) is 3.12. The Labute approximate surface area is 182 Å². The van der Waals surface area contributed by atoms with Crippen LogP contribution in [0.5, 0.6) is 17.2 Å². The van der Waals surface area contributed by atoms with Gasteiger partial charge in [-0.2, -0.15) is 0 Å². The highest BCUT2D eigenvalue weighted by Gasteiger charge is 2.29. The maximum atomic E-state index is 13.2. The van der Waals surface area contributed by atoms with Gasteiger partial charge in [0, 0.05) is 12.6 Å². The van der Waals surface area contributed by atoms with Crippen molar-refractivity contribution in [3.05, 3.63) is 36.4 Å². The van der Waals surface area contributed by atoms with Crippen LogP contribution in [0.1, 0.15) is 19.8 Å². The molecular weight excluding hydrogens is 444 g/mol. The van der Waals surface area contributed by atoms with Crippen molar-refractivity contribution >= 4 is 31.4 Å². The summed E-state index contributed by atoms with van der Waals surface area (Å²) in [5.41, 5.74) is 0.591. The minimum atomic E-state index is -4.08. The highest BCUT2D eigenvalue weighted by atomic mass is 32.2. The molecule has 2 aliphatic rings. The summed E-state index contributed by atoms with van der Waals surface area (Å²) in [4.78, 5) is -0.137. The van der Waals surface area contributed by atoms with Crippen LogP contribution in [0.25, 0.3) is 0 Å². The average Bonchev–Trinajstić information content (AvgIpc) is 2.74. The Morgan fingerprint density at radius 2 is 1.84 bits per heavy atom. The van der Waals surface area contributed by atoms with Crippen LogP contribution in [-0.4, -0.2) is 49.0 Å². The van der Waals surface area contributed by atoms with E-state index in [-0.39, 0.29) is 23.0 Å². The number of sulfonamides is 2. The molecule has 0 aromatic heterocycles. The highest BCUT2D eigenvalue weighted by Crippen LogP contribution is 2.36. The molecule has 2 aliphatic heterocycles. The number of hydrogen-bond acceptors (Lipinski definition) is 7. The molecule has 1 N–H and O–H groups in total. The largest absolute Gasteiger partial charge is 0.492 e. The summed E-state index contributed by atoms with van der Waals surface area (Å²) in [7, 11) is -7.57. The summed E-state index contributed by atoms with van der Waals surface area (Å²) in [6.07, 6.45) is 1.30. The van der Waals surface area contributed by atoms with Crippen molar-refractivity contribution in [2.75, 3.05) is 41.1 Å². The van der Waals surface area contributed by atoms with Crippen LogP contribution in [-0.2, 0) is 20.0 Å². The molecule has 2 aromatic carbocycles. The van der Waals surface area contributed by atoms with Crippen molar-refractivity contribution in [3.8, 4) is 17.2 Å². The van der Waals surface area contributed by atoms with E-state index in [1.807, 2.05) is 0 Å². The molecule has 31 heavy (non-hydrogen) atoms. The second-order valence-electron chi connectivity index (χ2n) is 7.12. The fraction of sp³-hybridized carbons (Fsp3) is 0.400. The second kappa shape index (κ2) is 8.46. The third-order valence-electron chi connectivity index (χ3n) is 4.95. The predicted octanol–water partition coefficient (Wildman–Crippen LogP) is 2.59. The standard InChI is InChI=1S/C20H24N2O7S2/c1-2-27-18-8-6-16(22-9-3-4-12-30(22,23)24)14-20(18)31(25,26)21-15-5-7-17-19(13-15)29-11-10-28-17/h5-8,13-14,21H,2-4,9-12H2,1H3. The first-order valence-corrected chi connectivity index (χ1v) is 13.1. The fourth-order valence-electron chi connectivity index (χ4n) is 3.53. The molecule has 2 aromatic rings. The van der Waals surface area contributed by atoms with E-state index in [0.29, 0.717) is 55.5 Å². The van der Waals surface area contributed by atoms with E-state index >= 15 is 0 Å². The zero-order valence-electron chi connectivity index (χ0n) is 17.0. The quantitative estimate of drug-likeness (QED) is 0.694. The van der Waals surface area contributed by atoms with Gasteiger partial charge in [0.2, 0.25) is 10.0 Å². The van der Waals surface area contributed by atoms with Crippen LogP contribution in [0, 0.1) is 0 Å². The van der Waals surface area contributed by atoms with Gasteiger partial charge in [0.05, 0.1) is 23.7 Å². The van der Waals surface area contributed by atoms with Crippen LogP contribution in [0.15, 0.2) is 41.3 Å². The Morgan fingerprint density at radius 1 is 1.06 bits per heavy atom. The molecule has 11 heteroatoms. The van der Waals surface area contributed by atoms with E-state index in [4.69, 9.17) is 14.2 Å². The molecule has 9 nitrogen and oxygen atoms in total. The molecule has 0 radical (unpaired) electrons. The Kier molecular flexibility index (Phi) is 5.89. The van der Waals surface area contributed by atoms with Crippen LogP contribution < -0.4 is 23.2 Å². The van der Waals surface area contributed by atoms with Gasteiger partial charge in [0.25, 0.3) is 10.0 Å². The summed E-state index contributed by atoms with van der Waals surface area (Å²) in [5, 5.41) is 0. The number of hydrogen-bond donors (Lipinski definition) is 1. The first-order valence-electron chi connectivity index (χ1n) is 10.00. The fourth-order valence-corrected chi connectivity index (χ4v) is 6.38. The van der Waals surface area contributed by atoms with E-state index < -0.39 is 20.0 Å². The van der Waals surface area contributed by atoms with Crippen molar-refractivity contribution in [2.24, 2.45) is 0 Å². The number of nitrogens with zero attached hydrogens (tertiary/aromatic N) is 1. The van der Waals surface area contributed by atoms with Gasteiger partial charge in [-0.1, -0.05) is 0 Å². The van der Waals surface area contributed by atoms with Crippen LogP contribution in [0.2, 0.25) is 0 Å². The molecule has 0 unspecified atom stereocenters. The van der Waals surface area contributed by atoms with Crippen molar-refractivity contribution in [3.63, 3.8) is 0 Å². The average molecular weight is 469 g/mol. The first-order chi connectivity index (χ1) is 14.8. The number of benzene rings is 2. The minimum Gasteiger partial charge on any atom is -0.492 e. The Balaban J connectivity index is 1.70. The van der Waals surface area contributed by atoms with E-state index in [1.54, 1.807) is 31.2 Å². The smallest absolute Gasteiger partial charge is 0.265 e. The summed E-state index contributed by atoms with van der Waals surface area (Å²) in [5.74, 6) is 1.18. The molecule has 4 rings (SSSR count). The van der Waals surface area contributed by atoms with Gasteiger partial charge in [0.1, 0.15) is 23.9 Å². The summed E-state index contributed by atoms with van der Waals surface area (Å²) < 4.78 is 71.7. The van der Waals surface area contributed by atoms with Gasteiger partial charge >= 0.3 is 0 Å². The van der Waals surface area contributed by atoms with Gasteiger partial charge < -0.3 is 14.2 Å². The lowest BCUT2D eigenvalue weighted by Crippen LogP contribution is -2.37. The summed E-state index contributed by atoms with van der Waals surface area (Å²) >= 11 is 0. The molecule has 2 heterocycles. The Hall–Kier alpha value is -2.66. The monoisotopic (exact) mass is 468 g/mol. The third kappa shape index (κ3) is 4.52. The number of ether oxygens (including phenoxy) is 3. The first kappa shape index (κ1) is 21.6. The zero-order chi connectivity index (χ0) is 22.1. The van der Waals surface area contributed by atoms with E-state index in [9.17, 15) is 16.8 Å². The molecule has 0 saturated carbocycles. The Morgan fingerprint density at radius 3 is 2.58 bits per heavy atom. The Bertz CT molecular complexity index is 1180. The van der Waals surface area contributed by atoms with E-state index in [0.717, 1.165) is 0 Å². The third-order valence-corrected chi connectivity index (χ3v) is 8.22. The maximum Gasteiger partial charge on any atom is 0.265 e. The highest BCUT2D eigenvalue weighted by molar-refractivity contribution is 7.93.